The third kappa shape index (κ3) is 5.93. The van der Waals surface area contributed by atoms with E-state index in [0.717, 1.165) is 35.5 Å². The normalized spacial score (nSPS) is 35.2. The highest BCUT2D eigenvalue weighted by Gasteiger charge is 2.65. The van der Waals surface area contributed by atoms with Crippen LogP contribution in [0.15, 0.2) is 12.2 Å². The predicted octanol–water partition coefficient (Wildman–Crippen LogP) is 3.91. The molecule has 0 spiro atoms. The molecule has 4 heterocycles. The molecule has 10 nitrogen and oxygen atoms in total. The van der Waals surface area contributed by atoms with Gasteiger partial charge in [-0.2, -0.15) is 0 Å². The molecule has 0 aromatic carbocycles. The van der Waals surface area contributed by atoms with E-state index in [2.05, 4.69) is 31.0 Å². The molecule has 45 heavy (non-hydrogen) atoms. The molecule has 0 aromatic rings. The number of imide groups is 1. The van der Waals surface area contributed by atoms with Crippen molar-refractivity contribution in [3.05, 3.63) is 12.2 Å². The van der Waals surface area contributed by atoms with Crippen LogP contribution in [0.25, 0.3) is 0 Å². The Morgan fingerprint density at radius 2 is 1.76 bits per heavy atom. The highest BCUT2D eigenvalue weighted by molar-refractivity contribution is 6.62. The molecule has 4 unspecified atom stereocenters. The molecule has 7 atom stereocenters. The number of hydrogen-bond donors (Lipinski definition) is 1. The van der Waals surface area contributed by atoms with E-state index in [-0.39, 0.29) is 55.1 Å². The monoisotopic (exact) mass is 622 g/mol. The molecule has 3 saturated heterocycles. The lowest BCUT2D eigenvalue weighted by Gasteiger charge is -2.65. The fourth-order valence-corrected chi connectivity index (χ4v) is 10.1. The van der Waals surface area contributed by atoms with Crippen molar-refractivity contribution in [3.63, 3.8) is 0 Å². The van der Waals surface area contributed by atoms with Gasteiger partial charge in [0.05, 0.1) is 0 Å². The summed E-state index contributed by atoms with van der Waals surface area (Å²) in [6, 6.07) is -1.08. The fourth-order valence-electron chi connectivity index (χ4n) is 10.1. The van der Waals surface area contributed by atoms with E-state index in [4.69, 9.17) is 4.74 Å². The minimum Gasteiger partial charge on any atom is -0.444 e. The number of amides is 5. The average molecular weight is 623 g/mol. The molecule has 5 amide bonds. The maximum absolute atomic E-state index is 14.4. The molecular weight excluding hydrogens is 571 g/mol. The van der Waals surface area contributed by atoms with Crippen LogP contribution in [0.3, 0.4) is 0 Å². The Balaban J connectivity index is 1.11. The van der Waals surface area contributed by atoms with E-state index in [1.165, 1.54) is 42.5 Å². The van der Waals surface area contributed by atoms with Crippen LogP contribution in [0.4, 0.5) is 4.79 Å². The lowest BCUT2D eigenvalue weighted by Crippen LogP contribution is -2.57. The first-order chi connectivity index (χ1) is 21.1. The summed E-state index contributed by atoms with van der Waals surface area (Å²) in [6.45, 7) is 14.4. The topological polar surface area (TPSA) is 116 Å². The van der Waals surface area contributed by atoms with Crippen molar-refractivity contribution >= 4 is 36.4 Å². The molecule has 7 aliphatic rings. The first kappa shape index (κ1) is 32.1. The number of carbonyl (C=O) groups excluding carboxylic acids is 5. The van der Waals surface area contributed by atoms with Gasteiger partial charge in [-0.15, -0.1) is 0 Å². The molecule has 11 heteroatoms. The van der Waals surface area contributed by atoms with Crippen LogP contribution in [-0.4, -0.2) is 94.4 Å². The van der Waals surface area contributed by atoms with Crippen molar-refractivity contribution < 1.29 is 28.7 Å². The summed E-state index contributed by atoms with van der Waals surface area (Å²) in [6.07, 6.45) is 9.75. The third-order valence-electron chi connectivity index (χ3n) is 12.3. The predicted molar refractivity (Wildman–Crippen MR) is 170 cm³/mol. The fraction of sp³-hybridized carbons (Fsp3) is 0.794. The van der Waals surface area contributed by atoms with Gasteiger partial charge in [0, 0.05) is 50.2 Å². The minimum atomic E-state index is -0.717. The molecule has 6 fully saturated rings. The van der Waals surface area contributed by atoms with E-state index in [1.54, 1.807) is 0 Å². The standard InChI is InChI=1S/C34H51BN4O6/c1-32(2,3)45-31(44)39-19-22(36-27(40)10-8-14-38-28(41)11-12-29(38)42)16-25(39)30(43)37-13-7-9-26(37)35-18-24-23-15-21(33(23,4)5)17-34(24,6)20-35/h11-12,21-26H,7-10,13-20H2,1-6H3,(H,36,40)/t21?,22-,23?,24?,25+,26+,34?/m1/s1. The summed E-state index contributed by atoms with van der Waals surface area (Å²) in [7, 11) is 0. The molecule has 2 bridgehead atoms. The average Bonchev–Trinajstić information content (AvgIpc) is 3.73. The molecule has 1 N–H and O–H groups in total. The first-order valence-corrected chi connectivity index (χ1v) is 17.2. The second kappa shape index (κ2) is 11.4. The van der Waals surface area contributed by atoms with Gasteiger partial charge in [-0.05, 0) is 87.9 Å². The van der Waals surface area contributed by atoms with E-state index in [9.17, 15) is 24.0 Å². The number of hydrogen-bond acceptors (Lipinski definition) is 6. The van der Waals surface area contributed by atoms with Gasteiger partial charge in [0.1, 0.15) is 11.6 Å². The highest BCUT2D eigenvalue weighted by atomic mass is 16.6. The lowest BCUT2D eigenvalue weighted by molar-refractivity contribution is -0.151. The van der Waals surface area contributed by atoms with Crippen molar-refractivity contribution in [3.8, 4) is 0 Å². The van der Waals surface area contributed by atoms with Gasteiger partial charge in [-0.25, -0.2) is 4.79 Å². The minimum absolute atomic E-state index is 0.0247. The van der Waals surface area contributed by atoms with E-state index < -0.39 is 17.7 Å². The van der Waals surface area contributed by atoms with Crippen LogP contribution in [0.2, 0.25) is 12.6 Å². The number of ether oxygens (including phenoxy) is 1. The zero-order valence-electron chi connectivity index (χ0n) is 28.0. The SMILES string of the molecule is CC(C)(C)OC(=O)N1C[C@H](NC(=O)CCCN2C(=O)C=CC2=O)C[C@H]1C(=O)N1CCC[C@H]1B1CC2C3CC(CC2(C)C1)C3(C)C. The Labute approximate surface area is 268 Å². The quantitative estimate of drug-likeness (QED) is 0.340. The molecule has 3 aliphatic carbocycles. The Bertz CT molecular complexity index is 1280. The van der Waals surface area contributed by atoms with Crippen molar-refractivity contribution in [1.29, 1.82) is 0 Å². The maximum atomic E-state index is 14.4. The Hall–Kier alpha value is -2.85. The van der Waals surface area contributed by atoms with Crippen molar-refractivity contribution in [2.45, 2.75) is 123 Å². The van der Waals surface area contributed by atoms with Crippen molar-refractivity contribution in [2.75, 3.05) is 19.6 Å². The summed E-state index contributed by atoms with van der Waals surface area (Å²) < 4.78 is 5.73. The van der Waals surface area contributed by atoms with Crippen LogP contribution in [0.5, 0.6) is 0 Å². The molecule has 0 radical (unpaired) electrons. The van der Waals surface area contributed by atoms with Gasteiger partial charge in [-0.3, -0.25) is 29.0 Å². The molecule has 0 aromatic heterocycles. The van der Waals surface area contributed by atoms with Gasteiger partial charge in [-0.1, -0.05) is 33.4 Å². The zero-order valence-corrected chi connectivity index (χ0v) is 28.0. The van der Waals surface area contributed by atoms with Gasteiger partial charge in [0.2, 0.25) is 11.8 Å². The first-order valence-electron chi connectivity index (χ1n) is 17.2. The van der Waals surface area contributed by atoms with E-state index in [0.29, 0.717) is 36.9 Å². The number of nitrogens with zero attached hydrogens (tertiary/aromatic N) is 3. The maximum Gasteiger partial charge on any atom is 0.411 e. The van der Waals surface area contributed by atoms with E-state index >= 15 is 0 Å². The zero-order chi connectivity index (χ0) is 32.5. The van der Waals surface area contributed by atoms with Crippen molar-refractivity contribution in [2.24, 2.45) is 28.6 Å². The molecular formula is C34H51BN4O6. The molecule has 246 valence electrons. The second-order valence-electron chi connectivity index (χ2n) is 16.7. The van der Waals surface area contributed by atoms with Crippen LogP contribution in [0, 0.1) is 28.6 Å². The van der Waals surface area contributed by atoms with Gasteiger partial charge >= 0.3 is 6.09 Å². The molecule has 7 rings (SSSR count). The highest BCUT2D eigenvalue weighted by Crippen LogP contribution is 2.71. The second-order valence-corrected chi connectivity index (χ2v) is 16.7. The number of carbonyl (C=O) groups is 5. The van der Waals surface area contributed by atoms with Gasteiger partial charge < -0.3 is 15.0 Å². The third-order valence-corrected chi connectivity index (χ3v) is 12.3. The summed E-state index contributed by atoms with van der Waals surface area (Å²) in [4.78, 5) is 69.0. The Morgan fingerprint density at radius 3 is 2.42 bits per heavy atom. The number of likely N-dealkylation sites (tertiary alicyclic amines) is 2. The van der Waals surface area contributed by atoms with Gasteiger partial charge in [0.25, 0.3) is 11.8 Å². The Kier molecular flexibility index (Phi) is 8.16. The Morgan fingerprint density at radius 1 is 1.04 bits per heavy atom. The van der Waals surface area contributed by atoms with Crippen molar-refractivity contribution in [1.82, 2.24) is 20.0 Å². The molecule has 4 aliphatic heterocycles. The van der Waals surface area contributed by atoms with E-state index in [1.807, 2.05) is 20.8 Å². The summed E-state index contributed by atoms with van der Waals surface area (Å²) in [5.41, 5.74) is 0.0788. The van der Waals surface area contributed by atoms with Crippen LogP contribution >= 0.6 is 0 Å². The summed E-state index contributed by atoms with van der Waals surface area (Å²) >= 11 is 0. The van der Waals surface area contributed by atoms with Crippen LogP contribution < -0.4 is 5.32 Å². The summed E-state index contributed by atoms with van der Waals surface area (Å²) in [5, 5.41) is 3.01. The number of rotatable bonds is 7. The smallest absolute Gasteiger partial charge is 0.411 e. The molecule has 3 saturated carbocycles. The largest absolute Gasteiger partial charge is 0.444 e. The summed E-state index contributed by atoms with van der Waals surface area (Å²) in [5.74, 6) is 1.54. The van der Waals surface area contributed by atoms with Gasteiger partial charge in [0.15, 0.2) is 6.71 Å². The van der Waals surface area contributed by atoms with Crippen LogP contribution in [-0.2, 0) is 23.9 Å². The lowest BCUT2D eigenvalue weighted by atomic mass is 9.40. The van der Waals surface area contributed by atoms with Crippen LogP contribution in [0.1, 0.15) is 86.5 Å². The number of nitrogens with one attached hydrogen (secondary N) is 1.